The monoisotopic (exact) mass is 262 g/mol. The lowest BCUT2D eigenvalue weighted by molar-refractivity contribution is 0.209. The number of sulfone groups is 1. The van der Waals surface area contributed by atoms with Crippen LogP contribution in [0.2, 0.25) is 0 Å². The van der Waals surface area contributed by atoms with Gasteiger partial charge in [0, 0.05) is 25.4 Å². The van der Waals surface area contributed by atoms with Crippen LogP contribution < -0.4 is 5.32 Å². The van der Waals surface area contributed by atoms with Gasteiger partial charge in [-0.2, -0.15) is 0 Å². The van der Waals surface area contributed by atoms with Gasteiger partial charge in [0.25, 0.3) is 0 Å². The lowest BCUT2D eigenvalue weighted by atomic mass is 10.1. The maximum absolute atomic E-state index is 11.3. The Hall–Kier alpha value is -0.130. The third kappa shape index (κ3) is 5.84. The highest BCUT2D eigenvalue weighted by Gasteiger charge is 2.17. The summed E-state index contributed by atoms with van der Waals surface area (Å²) in [5.74, 6) is 0. The molecule has 2 atom stereocenters. The topological polar surface area (TPSA) is 49.4 Å². The van der Waals surface area contributed by atoms with Crippen LogP contribution >= 0.6 is 0 Å². The molecule has 102 valence electrons. The van der Waals surface area contributed by atoms with Crippen molar-refractivity contribution >= 4 is 9.84 Å². The van der Waals surface area contributed by atoms with E-state index < -0.39 is 9.84 Å². The summed E-state index contributed by atoms with van der Waals surface area (Å²) in [6.45, 7) is 7.84. The van der Waals surface area contributed by atoms with E-state index in [1.54, 1.807) is 6.92 Å². The molecule has 0 aromatic rings. The Morgan fingerprint density at radius 1 is 1.18 bits per heavy atom. The predicted molar refractivity (Wildman–Crippen MR) is 72.1 cm³/mol. The molecule has 0 saturated carbocycles. The average molecular weight is 262 g/mol. The fraction of sp³-hybridized carbons (Fsp3) is 1.00. The van der Waals surface area contributed by atoms with Gasteiger partial charge in [0.2, 0.25) is 0 Å². The summed E-state index contributed by atoms with van der Waals surface area (Å²) >= 11 is 0. The molecule has 0 aliphatic carbocycles. The molecular formula is C12H26N2O2S. The highest BCUT2D eigenvalue weighted by Crippen LogP contribution is 2.08. The average Bonchev–Trinajstić information content (AvgIpc) is 2.26. The molecule has 1 aliphatic heterocycles. The van der Waals surface area contributed by atoms with Gasteiger partial charge in [-0.15, -0.1) is 0 Å². The molecule has 2 unspecified atom stereocenters. The van der Waals surface area contributed by atoms with Crippen molar-refractivity contribution in [3.8, 4) is 0 Å². The molecule has 1 fully saturated rings. The van der Waals surface area contributed by atoms with Crippen molar-refractivity contribution in [3.63, 3.8) is 0 Å². The molecule has 5 heteroatoms. The van der Waals surface area contributed by atoms with Gasteiger partial charge in [-0.25, -0.2) is 8.42 Å². The molecule has 0 radical (unpaired) electrons. The molecule has 1 heterocycles. The van der Waals surface area contributed by atoms with E-state index in [-0.39, 0.29) is 5.25 Å². The summed E-state index contributed by atoms with van der Waals surface area (Å²) in [6, 6.07) is 0.359. The van der Waals surface area contributed by atoms with Crippen LogP contribution in [0.15, 0.2) is 0 Å². The van der Waals surface area contributed by atoms with E-state index in [2.05, 4.69) is 17.1 Å². The van der Waals surface area contributed by atoms with Crippen molar-refractivity contribution in [1.82, 2.24) is 10.2 Å². The van der Waals surface area contributed by atoms with Crippen LogP contribution in [0.25, 0.3) is 0 Å². The molecule has 0 bridgehead atoms. The van der Waals surface area contributed by atoms with Gasteiger partial charge in [-0.05, 0) is 39.8 Å². The van der Waals surface area contributed by atoms with E-state index in [4.69, 9.17) is 0 Å². The van der Waals surface area contributed by atoms with Gasteiger partial charge in [0.1, 0.15) is 0 Å². The van der Waals surface area contributed by atoms with Crippen LogP contribution in [0.1, 0.15) is 33.1 Å². The number of piperidine rings is 1. The Labute approximate surface area is 106 Å². The molecule has 0 aromatic heterocycles. The molecule has 0 aromatic carbocycles. The van der Waals surface area contributed by atoms with Gasteiger partial charge in [0.05, 0.1) is 5.25 Å². The molecule has 1 rings (SSSR count). The van der Waals surface area contributed by atoms with E-state index in [9.17, 15) is 8.42 Å². The largest absolute Gasteiger partial charge is 0.312 e. The molecular weight excluding hydrogens is 236 g/mol. The lowest BCUT2D eigenvalue weighted by Crippen LogP contribution is -2.44. The maximum Gasteiger partial charge on any atom is 0.151 e. The van der Waals surface area contributed by atoms with Crippen molar-refractivity contribution in [3.05, 3.63) is 0 Å². The summed E-state index contributed by atoms with van der Waals surface area (Å²) in [5.41, 5.74) is 0. The Bertz CT molecular complexity index is 310. The summed E-state index contributed by atoms with van der Waals surface area (Å²) in [4.78, 5) is 2.46. The first kappa shape index (κ1) is 14.9. The van der Waals surface area contributed by atoms with Crippen molar-refractivity contribution in [1.29, 1.82) is 0 Å². The van der Waals surface area contributed by atoms with Crippen LogP contribution in [0.3, 0.4) is 0 Å². The predicted octanol–water partition coefficient (Wildman–Crippen LogP) is 0.884. The van der Waals surface area contributed by atoms with Crippen molar-refractivity contribution < 1.29 is 8.42 Å². The van der Waals surface area contributed by atoms with E-state index in [1.165, 1.54) is 38.6 Å². The van der Waals surface area contributed by atoms with Crippen molar-refractivity contribution in [2.24, 2.45) is 0 Å². The first-order valence-electron chi connectivity index (χ1n) is 6.54. The fourth-order valence-electron chi connectivity index (χ4n) is 2.11. The molecule has 1 aliphatic rings. The highest BCUT2D eigenvalue weighted by atomic mass is 32.2. The normalized spacial score (nSPS) is 22.3. The van der Waals surface area contributed by atoms with Gasteiger partial charge >= 0.3 is 0 Å². The van der Waals surface area contributed by atoms with Crippen LogP contribution in [0.5, 0.6) is 0 Å². The third-order valence-electron chi connectivity index (χ3n) is 3.47. The number of likely N-dealkylation sites (tertiary alicyclic amines) is 1. The maximum atomic E-state index is 11.3. The Morgan fingerprint density at radius 3 is 2.29 bits per heavy atom. The fourth-order valence-corrected chi connectivity index (χ4v) is 2.51. The van der Waals surface area contributed by atoms with Crippen LogP contribution in [-0.2, 0) is 9.84 Å². The first-order chi connectivity index (χ1) is 7.89. The van der Waals surface area contributed by atoms with E-state index in [0.29, 0.717) is 12.6 Å². The highest BCUT2D eigenvalue weighted by molar-refractivity contribution is 7.91. The zero-order chi connectivity index (χ0) is 12.9. The standard InChI is InChI=1S/C12H26N2O2S/c1-11(10-14-7-5-4-6-8-14)13-9-12(2)17(3,15)16/h11-13H,4-10H2,1-3H3. The first-order valence-corrected chi connectivity index (χ1v) is 8.49. The Balaban J connectivity index is 2.22. The Morgan fingerprint density at radius 2 is 1.76 bits per heavy atom. The summed E-state index contributed by atoms with van der Waals surface area (Å²) in [6.07, 6.45) is 5.25. The number of hydrogen-bond acceptors (Lipinski definition) is 4. The van der Waals surface area contributed by atoms with Crippen LogP contribution in [-0.4, -0.2) is 57.0 Å². The van der Waals surface area contributed by atoms with Gasteiger partial charge in [-0.1, -0.05) is 6.42 Å². The molecule has 1 saturated heterocycles. The quantitative estimate of drug-likeness (QED) is 0.772. The smallest absolute Gasteiger partial charge is 0.151 e. The molecule has 17 heavy (non-hydrogen) atoms. The number of rotatable bonds is 6. The Kier molecular flexibility index (Phi) is 5.89. The minimum absolute atomic E-state index is 0.300. The van der Waals surface area contributed by atoms with Gasteiger partial charge in [-0.3, -0.25) is 0 Å². The second-order valence-electron chi connectivity index (χ2n) is 5.31. The van der Waals surface area contributed by atoms with Crippen molar-refractivity contribution in [2.75, 3.05) is 32.4 Å². The van der Waals surface area contributed by atoms with E-state index >= 15 is 0 Å². The zero-order valence-corrected chi connectivity index (χ0v) is 12.1. The second kappa shape index (κ2) is 6.71. The van der Waals surface area contributed by atoms with Crippen molar-refractivity contribution in [2.45, 2.75) is 44.4 Å². The minimum Gasteiger partial charge on any atom is -0.312 e. The molecule has 0 spiro atoms. The SMILES string of the molecule is CC(CN1CCCCC1)NCC(C)S(C)(=O)=O. The molecule has 1 N–H and O–H groups in total. The lowest BCUT2D eigenvalue weighted by Gasteiger charge is -2.29. The van der Waals surface area contributed by atoms with E-state index in [1.807, 2.05) is 0 Å². The summed E-state index contributed by atoms with van der Waals surface area (Å²) in [5, 5.41) is 3.02. The number of hydrogen-bond donors (Lipinski definition) is 1. The molecule has 4 nitrogen and oxygen atoms in total. The van der Waals surface area contributed by atoms with Crippen LogP contribution in [0.4, 0.5) is 0 Å². The van der Waals surface area contributed by atoms with Gasteiger partial charge in [0.15, 0.2) is 9.84 Å². The van der Waals surface area contributed by atoms with E-state index in [0.717, 1.165) is 6.54 Å². The minimum atomic E-state index is -2.91. The third-order valence-corrected chi connectivity index (χ3v) is 5.09. The zero-order valence-electron chi connectivity index (χ0n) is 11.3. The number of nitrogens with one attached hydrogen (secondary N) is 1. The number of nitrogens with zero attached hydrogens (tertiary/aromatic N) is 1. The summed E-state index contributed by atoms with van der Waals surface area (Å²) < 4.78 is 22.6. The van der Waals surface area contributed by atoms with Gasteiger partial charge < -0.3 is 10.2 Å². The summed E-state index contributed by atoms with van der Waals surface area (Å²) in [7, 11) is -2.91. The molecule has 0 amide bonds. The van der Waals surface area contributed by atoms with Crippen LogP contribution in [0, 0.1) is 0 Å². The second-order valence-corrected chi connectivity index (χ2v) is 7.77.